The van der Waals surface area contributed by atoms with E-state index in [9.17, 15) is 4.79 Å². The lowest BCUT2D eigenvalue weighted by atomic mass is 9.96. The zero-order chi connectivity index (χ0) is 16.8. The number of hydrogen-bond acceptors (Lipinski definition) is 7. The molecule has 0 spiro atoms. The summed E-state index contributed by atoms with van der Waals surface area (Å²) in [5.41, 5.74) is 0.659. The predicted molar refractivity (Wildman–Crippen MR) is 98.5 cm³/mol. The normalized spacial score (nSPS) is 15.2. The summed E-state index contributed by atoms with van der Waals surface area (Å²) in [6.45, 7) is 0. The second kappa shape index (κ2) is 8.48. The molecule has 0 unspecified atom stereocenters. The highest BCUT2D eigenvalue weighted by Crippen LogP contribution is 2.29. The van der Waals surface area contributed by atoms with Gasteiger partial charge in [-0.2, -0.15) is 0 Å². The van der Waals surface area contributed by atoms with E-state index >= 15 is 0 Å². The van der Waals surface area contributed by atoms with Crippen LogP contribution in [0.5, 0.6) is 5.75 Å². The lowest BCUT2D eigenvalue weighted by molar-refractivity contribution is 0.102. The Labute approximate surface area is 150 Å². The Balaban J connectivity index is 1.52. The van der Waals surface area contributed by atoms with Crippen molar-refractivity contribution in [3.8, 4) is 5.75 Å². The van der Waals surface area contributed by atoms with Crippen LogP contribution in [-0.4, -0.2) is 34.9 Å². The quantitative estimate of drug-likeness (QED) is 0.585. The monoisotopic (exact) mass is 363 g/mol. The van der Waals surface area contributed by atoms with E-state index in [0.29, 0.717) is 23.1 Å². The first-order valence-corrected chi connectivity index (χ1v) is 9.95. The van der Waals surface area contributed by atoms with E-state index in [1.165, 1.54) is 55.2 Å². The number of methoxy groups -OCH3 is 1. The molecule has 128 valence electrons. The number of thioether (sulfide) groups is 1. The minimum atomic E-state index is 0.0656. The van der Waals surface area contributed by atoms with Gasteiger partial charge in [-0.1, -0.05) is 54.5 Å². The Morgan fingerprint density at radius 3 is 2.96 bits per heavy atom. The molecule has 0 bridgehead atoms. The van der Waals surface area contributed by atoms with Gasteiger partial charge in [-0.15, -0.1) is 10.2 Å². The van der Waals surface area contributed by atoms with Crippen LogP contribution >= 0.6 is 23.1 Å². The van der Waals surface area contributed by atoms with Crippen molar-refractivity contribution >= 4 is 34.0 Å². The largest absolute Gasteiger partial charge is 0.497 e. The van der Waals surface area contributed by atoms with Gasteiger partial charge in [-0.3, -0.25) is 4.79 Å². The van der Waals surface area contributed by atoms with Gasteiger partial charge in [0.25, 0.3) is 0 Å². The molecule has 1 heterocycles. The fraction of sp³-hybridized carbons (Fsp3) is 0.471. The van der Waals surface area contributed by atoms with Gasteiger partial charge in [0, 0.05) is 11.6 Å². The summed E-state index contributed by atoms with van der Waals surface area (Å²) in [7, 11) is 1.60. The Bertz CT molecular complexity index is 684. The molecule has 2 aromatic rings. The Morgan fingerprint density at radius 1 is 1.33 bits per heavy atom. The van der Waals surface area contributed by atoms with Crippen LogP contribution in [-0.2, 0) is 0 Å². The molecule has 5 nitrogen and oxygen atoms in total. The molecule has 0 atom stereocenters. The number of ketones is 1. The number of benzene rings is 1. The zero-order valence-electron chi connectivity index (χ0n) is 13.7. The van der Waals surface area contributed by atoms with Crippen molar-refractivity contribution < 1.29 is 9.53 Å². The number of carbonyl (C=O) groups is 1. The summed E-state index contributed by atoms with van der Waals surface area (Å²) in [6, 6.07) is 7.75. The van der Waals surface area contributed by atoms with Crippen molar-refractivity contribution in [3.05, 3.63) is 29.8 Å². The summed E-state index contributed by atoms with van der Waals surface area (Å²) >= 11 is 2.96. The van der Waals surface area contributed by atoms with Crippen LogP contribution in [0.15, 0.2) is 28.6 Å². The molecule has 0 amide bonds. The van der Waals surface area contributed by atoms with Crippen molar-refractivity contribution in [2.24, 2.45) is 0 Å². The Morgan fingerprint density at radius 2 is 2.17 bits per heavy atom. The highest BCUT2D eigenvalue weighted by atomic mass is 32.2. The lowest BCUT2D eigenvalue weighted by Crippen LogP contribution is -2.21. The molecule has 1 aromatic heterocycles. The molecular weight excluding hydrogens is 342 g/mol. The van der Waals surface area contributed by atoms with Gasteiger partial charge in [0.05, 0.1) is 12.9 Å². The average molecular weight is 364 g/mol. The first kappa shape index (κ1) is 17.2. The van der Waals surface area contributed by atoms with E-state index in [1.54, 1.807) is 13.2 Å². The molecule has 0 saturated heterocycles. The first-order chi connectivity index (χ1) is 11.7. The summed E-state index contributed by atoms with van der Waals surface area (Å²) in [5, 5.41) is 12.7. The van der Waals surface area contributed by atoms with Crippen LogP contribution in [0.4, 0.5) is 5.13 Å². The second-order valence-electron chi connectivity index (χ2n) is 5.80. The number of rotatable bonds is 7. The topological polar surface area (TPSA) is 64.1 Å². The van der Waals surface area contributed by atoms with E-state index in [1.807, 2.05) is 18.2 Å². The molecule has 1 fully saturated rings. The SMILES string of the molecule is COc1cccc(C(=O)CSc2nnc(NC3CCCCC3)s2)c1. The van der Waals surface area contributed by atoms with E-state index in [2.05, 4.69) is 15.5 Å². The number of ether oxygens (including phenoxy) is 1. The van der Waals surface area contributed by atoms with Crippen molar-refractivity contribution in [2.75, 3.05) is 18.2 Å². The minimum Gasteiger partial charge on any atom is -0.497 e. The summed E-state index contributed by atoms with van der Waals surface area (Å²) < 4.78 is 5.98. The molecule has 0 aliphatic heterocycles. The molecule has 1 aliphatic rings. The van der Waals surface area contributed by atoms with Gasteiger partial charge in [0.2, 0.25) is 5.13 Å². The molecule has 0 radical (unpaired) electrons. The van der Waals surface area contributed by atoms with Crippen LogP contribution in [0.2, 0.25) is 0 Å². The molecule has 1 aliphatic carbocycles. The van der Waals surface area contributed by atoms with Crippen molar-refractivity contribution in [3.63, 3.8) is 0 Å². The maximum atomic E-state index is 12.3. The fourth-order valence-corrected chi connectivity index (χ4v) is 4.48. The van der Waals surface area contributed by atoms with E-state index < -0.39 is 0 Å². The molecule has 1 saturated carbocycles. The molecule has 24 heavy (non-hydrogen) atoms. The number of carbonyl (C=O) groups excluding carboxylic acids is 1. The number of nitrogens with one attached hydrogen (secondary N) is 1. The third-order valence-electron chi connectivity index (χ3n) is 4.06. The first-order valence-electron chi connectivity index (χ1n) is 8.14. The highest BCUT2D eigenvalue weighted by Gasteiger charge is 2.16. The molecule has 7 heteroatoms. The smallest absolute Gasteiger partial charge is 0.206 e. The lowest BCUT2D eigenvalue weighted by Gasteiger charge is -2.21. The van der Waals surface area contributed by atoms with Gasteiger partial charge in [0.1, 0.15) is 5.75 Å². The van der Waals surface area contributed by atoms with E-state index in [0.717, 1.165) is 9.47 Å². The van der Waals surface area contributed by atoms with Crippen LogP contribution in [0, 0.1) is 0 Å². The number of Topliss-reactive ketones (excluding diaryl/α,β-unsaturated/α-hetero) is 1. The third-order valence-corrected chi connectivity index (χ3v) is 6.05. The summed E-state index contributed by atoms with van der Waals surface area (Å²) in [6.07, 6.45) is 6.31. The van der Waals surface area contributed by atoms with Crippen molar-refractivity contribution in [1.29, 1.82) is 0 Å². The van der Waals surface area contributed by atoms with Crippen LogP contribution in [0.3, 0.4) is 0 Å². The number of aromatic nitrogens is 2. The maximum Gasteiger partial charge on any atom is 0.206 e. The Hall–Kier alpha value is -1.60. The van der Waals surface area contributed by atoms with E-state index in [-0.39, 0.29) is 5.78 Å². The highest BCUT2D eigenvalue weighted by molar-refractivity contribution is 8.01. The fourth-order valence-electron chi connectivity index (χ4n) is 2.76. The van der Waals surface area contributed by atoms with E-state index in [4.69, 9.17) is 4.74 Å². The van der Waals surface area contributed by atoms with Gasteiger partial charge >= 0.3 is 0 Å². The maximum absolute atomic E-state index is 12.3. The van der Waals surface area contributed by atoms with Crippen molar-refractivity contribution in [2.45, 2.75) is 42.5 Å². The summed E-state index contributed by atoms with van der Waals surface area (Å²) in [5.74, 6) is 1.11. The van der Waals surface area contributed by atoms with Gasteiger partial charge in [-0.05, 0) is 25.0 Å². The average Bonchev–Trinajstić information content (AvgIpc) is 3.08. The van der Waals surface area contributed by atoms with Crippen LogP contribution in [0.25, 0.3) is 0 Å². The van der Waals surface area contributed by atoms with Gasteiger partial charge < -0.3 is 10.1 Å². The van der Waals surface area contributed by atoms with Crippen molar-refractivity contribution in [1.82, 2.24) is 10.2 Å². The predicted octanol–water partition coefficient (Wildman–Crippen LogP) is 4.27. The van der Waals surface area contributed by atoms with Crippen LogP contribution < -0.4 is 10.1 Å². The minimum absolute atomic E-state index is 0.0656. The number of hydrogen-bond donors (Lipinski definition) is 1. The second-order valence-corrected chi connectivity index (χ2v) is 8.00. The van der Waals surface area contributed by atoms with Crippen LogP contribution in [0.1, 0.15) is 42.5 Å². The number of anilines is 1. The number of nitrogens with zero attached hydrogens (tertiary/aromatic N) is 2. The standard InChI is InChI=1S/C17H21N3O2S2/c1-22-14-9-5-6-12(10-14)15(21)11-23-17-20-19-16(24-17)18-13-7-3-2-4-8-13/h5-6,9-10,13H,2-4,7-8,11H2,1H3,(H,18,19). The van der Waals surface area contributed by atoms with Gasteiger partial charge in [0.15, 0.2) is 10.1 Å². The molecule has 1 N–H and O–H groups in total. The zero-order valence-corrected chi connectivity index (χ0v) is 15.3. The van der Waals surface area contributed by atoms with Gasteiger partial charge in [-0.25, -0.2) is 0 Å². The third kappa shape index (κ3) is 4.70. The summed E-state index contributed by atoms with van der Waals surface area (Å²) in [4.78, 5) is 12.3. The Kier molecular flexibility index (Phi) is 6.09. The molecule has 1 aromatic carbocycles. The molecule has 3 rings (SSSR count). The molecular formula is C17H21N3O2S2.